The van der Waals surface area contributed by atoms with E-state index in [2.05, 4.69) is 31.0 Å². The Morgan fingerprint density at radius 2 is 1.60 bits per heavy atom. The van der Waals surface area contributed by atoms with E-state index >= 15 is 0 Å². The third-order valence-electron chi connectivity index (χ3n) is 4.69. The topological polar surface area (TPSA) is 74.5 Å². The molecule has 0 radical (unpaired) electrons. The van der Waals surface area contributed by atoms with Gasteiger partial charge in [-0.2, -0.15) is 0 Å². The van der Waals surface area contributed by atoms with Gasteiger partial charge in [0.1, 0.15) is 11.5 Å². The Kier molecular flexibility index (Phi) is 6.51. The lowest BCUT2D eigenvalue weighted by Gasteiger charge is -2.19. The molecular weight excluding hydrogens is 400 g/mol. The molecule has 1 atom stereocenters. The minimum Gasteiger partial charge on any atom is -0.497 e. The number of thioether (sulfide) groups is 1. The van der Waals surface area contributed by atoms with E-state index in [-0.39, 0.29) is 16.4 Å². The lowest BCUT2D eigenvalue weighted by molar-refractivity contribution is 0.0993. The Hall–Kier alpha value is -2.80. The molecule has 0 fully saturated rings. The van der Waals surface area contributed by atoms with Gasteiger partial charge in [0.2, 0.25) is 5.89 Å². The summed E-state index contributed by atoms with van der Waals surface area (Å²) in [6, 6.07) is 13.1. The largest absolute Gasteiger partial charge is 0.497 e. The van der Waals surface area contributed by atoms with Gasteiger partial charge in [-0.3, -0.25) is 4.79 Å². The molecule has 0 bridgehead atoms. The maximum atomic E-state index is 12.8. The molecule has 7 heteroatoms. The first-order chi connectivity index (χ1) is 14.2. The predicted octanol–water partition coefficient (Wildman–Crippen LogP) is 5.41. The molecule has 2 aromatic carbocycles. The average molecular weight is 427 g/mol. The van der Waals surface area contributed by atoms with Crippen molar-refractivity contribution in [2.24, 2.45) is 0 Å². The summed E-state index contributed by atoms with van der Waals surface area (Å²) in [5.41, 5.74) is 2.59. The highest BCUT2D eigenvalue weighted by Gasteiger charge is 2.21. The molecule has 0 N–H and O–H groups in total. The zero-order valence-electron chi connectivity index (χ0n) is 18.1. The highest BCUT2D eigenvalue weighted by Crippen LogP contribution is 2.32. The van der Waals surface area contributed by atoms with Crippen LogP contribution < -0.4 is 9.47 Å². The summed E-state index contributed by atoms with van der Waals surface area (Å²) in [6.07, 6.45) is 0. The molecule has 1 heterocycles. The van der Waals surface area contributed by atoms with Crippen molar-refractivity contribution in [3.63, 3.8) is 0 Å². The van der Waals surface area contributed by atoms with Crippen molar-refractivity contribution < 1.29 is 18.7 Å². The van der Waals surface area contributed by atoms with E-state index < -0.39 is 0 Å². The quantitative estimate of drug-likeness (QED) is 0.369. The molecule has 1 unspecified atom stereocenters. The van der Waals surface area contributed by atoms with Crippen LogP contribution in [-0.2, 0) is 5.41 Å². The van der Waals surface area contributed by atoms with E-state index in [1.807, 2.05) is 31.2 Å². The number of hydrogen-bond donors (Lipinski definition) is 0. The molecule has 0 saturated heterocycles. The maximum Gasteiger partial charge on any atom is 0.277 e. The number of benzene rings is 2. The Balaban J connectivity index is 1.73. The van der Waals surface area contributed by atoms with Gasteiger partial charge in [-0.05, 0) is 30.0 Å². The van der Waals surface area contributed by atoms with Crippen molar-refractivity contribution in [3.05, 3.63) is 53.6 Å². The second-order valence-corrected chi connectivity index (χ2v) is 9.22. The minimum absolute atomic E-state index is 0.0169. The number of methoxy groups -OCH3 is 2. The zero-order valence-corrected chi connectivity index (χ0v) is 18.9. The fourth-order valence-electron chi connectivity index (χ4n) is 2.88. The summed E-state index contributed by atoms with van der Waals surface area (Å²) in [5.74, 6) is 1.60. The fourth-order valence-corrected chi connectivity index (χ4v) is 3.64. The highest BCUT2D eigenvalue weighted by molar-refractivity contribution is 8.00. The van der Waals surface area contributed by atoms with Gasteiger partial charge in [0.15, 0.2) is 5.78 Å². The van der Waals surface area contributed by atoms with Gasteiger partial charge in [0.05, 0.1) is 19.5 Å². The van der Waals surface area contributed by atoms with Crippen LogP contribution in [0, 0.1) is 0 Å². The van der Waals surface area contributed by atoms with E-state index in [0.717, 1.165) is 0 Å². The number of ether oxygens (including phenoxy) is 2. The maximum absolute atomic E-state index is 12.8. The van der Waals surface area contributed by atoms with E-state index in [1.165, 1.54) is 17.3 Å². The molecule has 3 rings (SSSR count). The Labute approximate surface area is 181 Å². The molecule has 158 valence electrons. The normalized spacial score (nSPS) is 12.5. The summed E-state index contributed by atoms with van der Waals surface area (Å²) in [4.78, 5) is 12.8. The molecule has 0 spiro atoms. The molecule has 6 nitrogen and oxygen atoms in total. The van der Waals surface area contributed by atoms with E-state index in [0.29, 0.717) is 33.7 Å². The lowest BCUT2D eigenvalue weighted by atomic mass is 9.86. The van der Waals surface area contributed by atoms with Crippen LogP contribution in [0.25, 0.3) is 11.5 Å². The van der Waals surface area contributed by atoms with E-state index in [9.17, 15) is 4.79 Å². The van der Waals surface area contributed by atoms with Gasteiger partial charge in [-0.25, -0.2) is 0 Å². The van der Waals surface area contributed by atoms with Gasteiger partial charge in [-0.1, -0.05) is 56.8 Å². The first-order valence-electron chi connectivity index (χ1n) is 9.59. The molecule has 1 aromatic heterocycles. The monoisotopic (exact) mass is 426 g/mol. The van der Waals surface area contributed by atoms with Crippen LogP contribution in [0.4, 0.5) is 0 Å². The number of carbonyl (C=O) groups is 1. The molecule has 0 aliphatic rings. The number of nitrogens with zero attached hydrogens (tertiary/aromatic N) is 2. The number of Topliss-reactive ketones (excluding diaryl/α,β-unsaturated/α-hetero) is 1. The first kappa shape index (κ1) is 21.9. The van der Waals surface area contributed by atoms with Gasteiger partial charge in [-0.15, -0.1) is 10.2 Å². The molecule has 0 aliphatic heterocycles. The van der Waals surface area contributed by atoms with Crippen LogP contribution >= 0.6 is 11.8 Å². The second kappa shape index (κ2) is 8.92. The van der Waals surface area contributed by atoms with Crippen molar-refractivity contribution in [3.8, 4) is 23.0 Å². The Bertz CT molecular complexity index is 1000. The van der Waals surface area contributed by atoms with Crippen molar-refractivity contribution in [1.82, 2.24) is 10.2 Å². The van der Waals surface area contributed by atoms with Crippen molar-refractivity contribution in [2.45, 2.75) is 43.6 Å². The lowest BCUT2D eigenvalue weighted by Crippen LogP contribution is -2.15. The van der Waals surface area contributed by atoms with E-state index in [1.54, 1.807) is 32.4 Å². The standard InChI is InChI=1S/C23H26N2O4S/c1-14(20(26)15-7-9-17(10-8-15)23(2,3)4)30-22-25-24-21(29-22)16-11-18(27-5)13-19(12-16)28-6/h7-14H,1-6H3. The fraction of sp³-hybridized carbons (Fsp3) is 0.348. The Morgan fingerprint density at radius 3 is 2.13 bits per heavy atom. The van der Waals surface area contributed by atoms with E-state index in [4.69, 9.17) is 13.9 Å². The molecule has 0 amide bonds. The van der Waals surface area contributed by atoms with Gasteiger partial charge >= 0.3 is 0 Å². The third kappa shape index (κ3) is 5.02. The number of carbonyl (C=O) groups excluding carboxylic acids is 1. The number of hydrogen-bond acceptors (Lipinski definition) is 7. The SMILES string of the molecule is COc1cc(OC)cc(-c2nnc(SC(C)C(=O)c3ccc(C(C)(C)C)cc3)o2)c1. The number of rotatable bonds is 7. The van der Waals surface area contributed by atoms with Gasteiger partial charge in [0, 0.05) is 17.2 Å². The average Bonchev–Trinajstić information content (AvgIpc) is 3.20. The Morgan fingerprint density at radius 1 is 1.00 bits per heavy atom. The van der Waals surface area contributed by atoms with Crippen LogP contribution in [0.3, 0.4) is 0 Å². The summed E-state index contributed by atoms with van der Waals surface area (Å²) >= 11 is 1.24. The number of aromatic nitrogens is 2. The third-order valence-corrected chi connectivity index (χ3v) is 5.62. The molecule has 0 saturated carbocycles. The van der Waals surface area contributed by atoms with Crippen LogP contribution in [0.2, 0.25) is 0 Å². The smallest absolute Gasteiger partial charge is 0.277 e. The second-order valence-electron chi connectivity index (χ2n) is 7.93. The molecule has 0 aliphatic carbocycles. The molecule has 30 heavy (non-hydrogen) atoms. The highest BCUT2D eigenvalue weighted by atomic mass is 32.2. The van der Waals surface area contributed by atoms with Crippen LogP contribution in [0.15, 0.2) is 52.1 Å². The van der Waals surface area contributed by atoms with Crippen LogP contribution in [0.5, 0.6) is 11.5 Å². The van der Waals surface area contributed by atoms with Crippen LogP contribution in [-0.4, -0.2) is 35.5 Å². The number of ketones is 1. The predicted molar refractivity (Wildman–Crippen MR) is 118 cm³/mol. The minimum atomic E-state index is -0.362. The van der Waals surface area contributed by atoms with Gasteiger partial charge < -0.3 is 13.9 Å². The van der Waals surface area contributed by atoms with Crippen molar-refractivity contribution >= 4 is 17.5 Å². The van der Waals surface area contributed by atoms with Crippen molar-refractivity contribution in [1.29, 1.82) is 0 Å². The summed E-state index contributed by atoms with van der Waals surface area (Å²) in [6.45, 7) is 8.28. The summed E-state index contributed by atoms with van der Waals surface area (Å²) < 4.78 is 16.3. The van der Waals surface area contributed by atoms with Gasteiger partial charge in [0.25, 0.3) is 5.22 Å². The molecule has 3 aromatic rings. The van der Waals surface area contributed by atoms with Crippen molar-refractivity contribution in [2.75, 3.05) is 14.2 Å². The summed E-state index contributed by atoms with van der Waals surface area (Å²) in [5, 5.41) is 8.15. The summed E-state index contributed by atoms with van der Waals surface area (Å²) in [7, 11) is 3.16. The molecular formula is C23H26N2O4S. The first-order valence-corrected chi connectivity index (χ1v) is 10.5. The zero-order chi connectivity index (χ0) is 21.9. The van der Waals surface area contributed by atoms with Crippen LogP contribution in [0.1, 0.15) is 43.6 Å².